The third-order valence-corrected chi connectivity index (χ3v) is 8.37. The second-order valence-corrected chi connectivity index (χ2v) is 11.8. The Morgan fingerprint density at radius 2 is 1.71 bits per heavy atom. The van der Waals surface area contributed by atoms with Crippen LogP contribution in [0.2, 0.25) is 6.04 Å². The Morgan fingerprint density at radius 3 is 2.36 bits per heavy atom. The van der Waals surface area contributed by atoms with Crippen LogP contribution in [-0.4, -0.2) is 37.6 Å². The molecular weight excluding hydrogens is 390 g/mol. The van der Waals surface area contributed by atoms with Gasteiger partial charge in [0.15, 0.2) is 5.12 Å². The molecule has 0 aliphatic carbocycles. The number of nitrogens with one attached hydrogen (secondary N) is 1. The lowest BCUT2D eigenvalue weighted by Gasteiger charge is -2.29. The van der Waals surface area contributed by atoms with Gasteiger partial charge in [0.05, 0.1) is 0 Å². The first-order valence-electron chi connectivity index (χ1n) is 11.5. The Bertz CT molecular complexity index is 391. The van der Waals surface area contributed by atoms with Gasteiger partial charge in [0.25, 0.3) is 0 Å². The summed E-state index contributed by atoms with van der Waals surface area (Å²) in [5, 5.41) is 0.112. The standard InChI is InChI=1S/C21H43NO4SSi/c1-3-4-5-6-7-8-9-10-11-12-14-21-15-16-25-28(24,26-22-19-21)18-13-17-27-20(2)23/h21-22,24H,3-19H2,1-2H3. The van der Waals surface area contributed by atoms with Crippen LogP contribution in [0.1, 0.15) is 97.3 Å². The van der Waals surface area contributed by atoms with Crippen molar-refractivity contribution in [2.75, 3.05) is 18.9 Å². The van der Waals surface area contributed by atoms with Crippen LogP contribution >= 0.6 is 11.8 Å². The Balaban J connectivity index is 2.02. The molecule has 1 aliphatic rings. The van der Waals surface area contributed by atoms with Crippen molar-refractivity contribution in [1.82, 2.24) is 5.48 Å². The van der Waals surface area contributed by atoms with Gasteiger partial charge in [-0.3, -0.25) is 9.32 Å². The van der Waals surface area contributed by atoms with E-state index in [4.69, 9.17) is 8.95 Å². The minimum Gasteiger partial charge on any atom is -0.389 e. The molecule has 0 aromatic carbocycles. The molecular formula is C21H43NO4SSi. The lowest BCUT2D eigenvalue weighted by Crippen LogP contribution is -2.49. The second-order valence-electron chi connectivity index (χ2n) is 8.08. The molecule has 0 radical (unpaired) electrons. The first-order chi connectivity index (χ1) is 13.6. The summed E-state index contributed by atoms with van der Waals surface area (Å²) in [5.41, 5.74) is 2.98. The normalized spacial score (nSPS) is 23.3. The van der Waals surface area contributed by atoms with Crippen LogP contribution in [0.25, 0.3) is 0 Å². The fourth-order valence-corrected chi connectivity index (χ4v) is 6.10. The van der Waals surface area contributed by atoms with Gasteiger partial charge in [-0.25, -0.2) is 5.48 Å². The molecule has 1 heterocycles. The number of carbonyl (C=O) groups is 1. The summed E-state index contributed by atoms with van der Waals surface area (Å²) in [6, 6.07) is 0.503. The van der Waals surface area contributed by atoms with Crippen LogP contribution in [0.4, 0.5) is 0 Å². The smallest absolute Gasteiger partial charge is 0.389 e. The van der Waals surface area contributed by atoms with Crippen molar-refractivity contribution in [2.45, 2.75) is 103 Å². The molecule has 1 saturated heterocycles. The van der Waals surface area contributed by atoms with Crippen molar-refractivity contribution < 1.29 is 18.5 Å². The highest BCUT2D eigenvalue weighted by Gasteiger charge is 2.38. The van der Waals surface area contributed by atoms with E-state index in [0.717, 1.165) is 19.4 Å². The predicted molar refractivity (Wildman–Crippen MR) is 120 cm³/mol. The number of thioether (sulfide) groups is 1. The fraction of sp³-hybridized carbons (Fsp3) is 0.952. The molecule has 1 aliphatic heterocycles. The molecule has 0 bridgehead atoms. The van der Waals surface area contributed by atoms with E-state index in [1.54, 1.807) is 6.92 Å². The molecule has 2 N–H and O–H groups in total. The number of hydrogen-bond donors (Lipinski definition) is 2. The van der Waals surface area contributed by atoms with E-state index >= 15 is 0 Å². The highest BCUT2D eigenvalue weighted by molar-refractivity contribution is 8.13. The van der Waals surface area contributed by atoms with Gasteiger partial charge in [-0.2, -0.15) is 0 Å². The van der Waals surface area contributed by atoms with Gasteiger partial charge in [-0.05, 0) is 25.2 Å². The maximum atomic E-state index is 11.0. The topological polar surface area (TPSA) is 67.8 Å². The molecule has 0 aromatic heterocycles. The quantitative estimate of drug-likeness (QED) is 0.264. The highest BCUT2D eigenvalue weighted by atomic mass is 32.2. The van der Waals surface area contributed by atoms with E-state index in [-0.39, 0.29) is 5.12 Å². The Morgan fingerprint density at radius 1 is 1.07 bits per heavy atom. The van der Waals surface area contributed by atoms with Gasteiger partial charge in [0.1, 0.15) is 0 Å². The third kappa shape index (κ3) is 14.1. The number of unbranched alkanes of at least 4 members (excludes halogenated alkanes) is 9. The Hall–Kier alpha value is 0.0769. The van der Waals surface area contributed by atoms with E-state index in [1.807, 2.05) is 0 Å². The maximum Gasteiger partial charge on any atom is 0.515 e. The van der Waals surface area contributed by atoms with Crippen molar-refractivity contribution in [1.29, 1.82) is 0 Å². The van der Waals surface area contributed by atoms with Crippen LogP contribution < -0.4 is 5.48 Å². The molecule has 1 rings (SSSR count). The summed E-state index contributed by atoms with van der Waals surface area (Å²) in [7, 11) is -3.12. The van der Waals surface area contributed by atoms with Gasteiger partial charge < -0.3 is 9.22 Å². The molecule has 0 amide bonds. The monoisotopic (exact) mass is 433 g/mol. The van der Waals surface area contributed by atoms with Crippen LogP contribution in [0.15, 0.2) is 0 Å². The maximum absolute atomic E-state index is 11.0. The van der Waals surface area contributed by atoms with Gasteiger partial charge in [0, 0.05) is 31.9 Å². The number of hydrogen-bond acceptors (Lipinski definition) is 6. The molecule has 1 fully saturated rings. The SMILES string of the molecule is CCCCCCCCCCCCC1CCO[Si](O)(CCCSC(C)=O)ONC1. The summed E-state index contributed by atoms with van der Waals surface area (Å²) in [6.45, 7) is 5.20. The lowest BCUT2D eigenvalue weighted by molar-refractivity contribution is -0.109. The van der Waals surface area contributed by atoms with Crippen molar-refractivity contribution in [3.8, 4) is 0 Å². The summed E-state index contributed by atoms with van der Waals surface area (Å²) in [4.78, 5) is 21.5. The lowest BCUT2D eigenvalue weighted by atomic mass is 9.97. The van der Waals surface area contributed by atoms with Crippen molar-refractivity contribution >= 4 is 25.7 Å². The molecule has 0 aromatic rings. The zero-order valence-corrected chi connectivity index (χ0v) is 20.0. The Labute approximate surface area is 178 Å². The summed E-state index contributed by atoms with van der Waals surface area (Å²) in [5.74, 6) is 1.26. The molecule has 0 saturated carbocycles. The molecule has 166 valence electrons. The fourth-order valence-electron chi connectivity index (χ4n) is 3.59. The number of carbonyl (C=O) groups excluding carboxylic acids is 1. The first-order valence-corrected chi connectivity index (χ1v) is 14.4. The molecule has 2 atom stereocenters. The average Bonchev–Trinajstić information content (AvgIpc) is 2.64. The van der Waals surface area contributed by atoms with Crippen LogP contribution in [0.3, 0.4) is 0 Å². The van der Waals surface area contributed by atoms with E-state index in [2.05, 4.69) is 12.4 Å². The van der Waals surface area contributed by atoms with Gasteiger partial charge in [-0.15, -0.1) is 0 Å². The van der Waals surface area contributed by atoms with E-state index in [9.17, 15) is 9.59 Å². The van der Waals surface area contributed by atoms with E-state index in [1.165, 1.54) is 82.4 Å². The average molecular weight is 434 g/mol. The zero-order valence-electron chi connectivity index (χ0n) is 18.2. The molecule has 0 spiro atoms. The highest BCUT2D eigenvalue weighted by Crippen LogP contribution is 2.21. The number of hydroxylamine groups is 1. The third-order valence-electron chi connectivity index (χ3n) is 5.37. The van der Waals surface area contributed by atoms with Crippen molar-refractivity contribution in [2.24, 2.45) is 5.92 Å². The van der Waals surface area contributed by atoms with E-state index < -0.39 is 8.80 Å². The minimum atomic E-state index is -3.12. The second kappa shape index (κ2) is 16.8. The van der Waals surface area contributed by atoms with Crippen LogP contribution in [0.5, 0.6) is 0 Å². The molecule has 28 heavy (non-hydrogen) atoms. The largest absolute Gasteiger partial charge is 0.515 e. The van der Waals surface area contributed by atoms with Crippen molar-refractivity contribution in [3.05, 3.63) is 0 Å². The Kier molecular flexibility index (Phi) is 15.7. The van der Waals surface area contributed by atoms with Crippen LogP contribution in [-0.2, 0) is 13.7 Å². The molecule has 5 nitrogen and oxygen atoms in total. The summed E-state index contributed by atoms with van der Waals surface area (Å²) >= 11 is 1.29. The van der Waals surface area contributed by atoms with Gasteiger partial charge in [0.2, 0.25) is 0 Å². The van der Waals surface area contributed by atoms with E-state index in [0.29, 0.717) is 24.3 Å². The van der Waals surface area contributed by atoms with Crippen LogP contribution in [0, 0.1) is 5.92 Å². The zero-order chi connectivity index (χ0) is 20.5. The van der Waals surface area contributed by atoms with Gasteiger partial charge >= 0.3 is 8.80 Å². The molecule has 2 unspecified atom stereocenters. The van der Waals surface area contributed by atoms with Gasteiger partial charge in [-0.1, -0.05) is 82.9 Å². The minimum absolute atomic E-state index is 0.112. The molecule has 7 heteroatoms. The first kappa shape index (κ1) is 26.1. The summed E-state index contributed by atoms with van der Waals surface area (Å²) in [6.07, 6.45) is 16.6. The predicted octanol–water partition coefficient (Wildman–Crippen LogP) is 5.46. The number of rotatable bonds is 15. The summed E-state index contributed by atoms with van der Waals surface area (Å²) < 4.78 is 11.3. The van der Waals surface area contributed by atoms with Crippen molar-refractivity contribution in [3.63, 3.8) is 0 Å².